The molecule has 0 atom stereocenters. The first kappa shape index (κ1) is 22.2. The van der Waals surface area contributed by atoms with Gasteiger partial charge in [-0.05, 0) is 69.5 Å². The summed E-state index contributed by atoms with van der Waals surface area (Å²) in [7, 11) is 0. The van der Waals surface area contributed by atoms with E-state index in [4.69, 9.17) is 14.6 Å². The van der Waals surface area contributed by atoms with Crippen molar-refractivity contribution < 1.29 is 14.6 Å². The Morgan fingerprint density at radius 1 is 1.10 bits per heavy atom. The minimum Gasteiger partial charge on any atom is -0.488 e. The van der Waals surface area contributed by atoms with Crippen LogP contribution in [0.4, 0.5) is 5.82 Å². The van der Waals surface area contributed by atoms with Gasteiger partial charge in [0.1, 0.15) is 23.5 Å². The first-order chi connectivity index (χ1) is 14.7. The van der Waals surface area contributed by atoms with Crippen molar-refractivity contribution in [2.24, 2.45) is 0 Å². The molecule has 1 aliphatic heterocycles. The second-order valence-corrected chi connectivity index (χ2v) is 8.42. The molecule has 0 radical (unpaired) electrons. The number of nitrogens with zero attached hydrogens (tertiary/aromatic N) is 4. The number of rotatable bonds is 3. The zero-order chi connectivity index (χ0) is 22.6. The smallest absolute Gasteiger partial charge is 0.290 e. The van der Waals surface area contributed by atoms with E-state index in [0.717, 1.165) is 52.7 Å². The summed E-state index contributed by atoms with van der Waals surface area (Å²) in [6.07, 6.45) is 3.50. The highest BCUT2D eigenvalue weighted by Gasteiger charge is 2.25. The Balaban J connectivity index is 0.000000858. The molecule has 31 heavy (non-hydrogen) atoms. The molecule has 0 bridgehead atoms. The lowest BCUT2D eigenvalue weighted by Gasteiger charge is -2.24. The number of ether oxygens (including phenoxy) is 1. The maximum atomic E-state index is 8.36. The van der Waals surface area contributed by atoms with E-state index in [1.54, 1.807) is 6.33 Å². The lowest BCUT2D eigenvalue weighted by molar-refractivity contribution is -0.122. The van der Waals surface area contributed by atoms with Crippen molar-refractivity contribution in [2.75, 3.05) is 4.90 Å². The number of benzene rings is 1. The van der Waals surface area contributed by atoms with Crippen molar-refractivity contribution in [3.8, 4) is 16.9 Å². The van der Waals surface area contributed by atoms with Gasteiger partial charge < -0.3 is 14.7 Å². The molecule has 4 rings (SSSR count). The van der Waals surface area contributed by atoms with Crippen LogP contribution in [0.5, 0.6) is 5.75 Å². The van der Waals surface area contributed by atoms with Gasteiger partial charge in [0.25, 0.3) is 6.47 Å². The minimum atomic E-state index is -0.250. The average Bonchev–Trinajstić information content (AvgIpc) is 3.12. The molecule has 0 fully saturated rings. The van der Waals surface area contributed by atoms with Gasteiger partial charge in [0.2, 0.25) is 0 Å². The summed E-state index contributed by atoms with van der Waals surface area (Å²) in [5.74, 6) is 1.83. The molecule has 0 spiro atoms. The van der Waals surface area contributed by atoms with Crippen LogP contribution in [0.25, 0.3) is 11.1 Å². The lowest BCUT2D eigenvalue weighted by Crippen LogP contribution is -2.23. The van der Waals surface area contributed by atoms with Gasteiger partial charge in [-0.15, -0.1) is 0 Å². The van der Waals surface area contributed by atoms with Crippen LogP contribution in [0, 0.1) is 13.8 Å². The van der Waals surface area contributed by atoms with E-state index >= 15 is 0 Å². The quantitative estimate of drug-likeness (QED) is 0.622. The SMILES string of the molecule is Cc1cc(OC(C)(C)C)ccc1-c1c(C)ncnc1N1Cc2cccnc2C1.O=CO. The Kier molecular flexibility index (Phi) is 6.53. The third-order valence-corrected chi connectivity index (χ3v) is 4.89. The van der Waals surface area contributed by atoms with Gasteiger partial charge in [-0.2, -0.15) is 0 Å². The van der Waals surface area contributed by atoms with E-state index in [2.05, 4.69) is 65.7 Å². The molecule has 1 aliphatic rings. The summed E-state index contributed by atoms with van der Waals surface area (Å²) in [6.45, 7) is 11.7. The van der Waals surface area contributed by atoms with Crippen LogP contribution >= 0.6 is 0 Å². The van der Waals surface area contributed by atoms with E-state index < -0.39 is 0 Å². The molecule has 7 heteroatoms. The minimum absolute atomic E-state index is 0.223. The maximum Gasteiger partial charge on any atom is 0.290 e. The maximum absolute atomic E-state index is 8.36. The fourth-order valence-corrected chi connectivity index (χ4v) is 3.70. The summed E-state index contributed by atoms with van der Waals surface area (Å²) in [5.41, 5.74) is 6.50. The van der Waals surface area contributed by atoms with Crippen LogP contribution in [-0.4, -0.2) is 32.1 Å². The van der Waals surface area contributed by atoms with Crippen molar-refractivity contribution in [2.45, 2.75) is 53.3 Å². The fraction of sp³-hybridized carbons (Fsp3) is 0.333. The second kappa shape index (κ2) is 9.12. The van der Waals surface area contributed by atoms with Gasteiger partial charge in [0.15, 0.2) is 0 Å². The number of carbonyl (C=O) groups is 1. The summed E-state index contributed by atoms with van der Waals surface area (Å²) < 4.78 is 6.03. The third kappa shape index (κ3) is 5.17. The van der Waals surface area contributed by atoms with Gasteiger partial charge in [-0.1, -0.05) is 12.1 Å². The normalized spacial score (nSPS) is 12.6. The number of aryl methyl sites for hydroxylation is 2. The van der Waals surface area contributed by atoms with Crippen molar-refractivity contribution in [3.05, 3.63) is 65.4 Å². The van der Waals surface area contributed by atoms with Crippen molar-refractivity contribution in [3.63, 3.8) is 0 Å². The predicted octanol–water partition coefficient (Wildman–Crippen LogP) is 4.55. The van der Waals surface area contributed by atoms with Crippen molar-refractivity contribution in [1.82, 2.24) is 15.0 Å². The first-order valence-corrected chi connectivity index (χ1v) is 10.1. The Labute approximate surface area is 182 Å². The predicted molar refractivity (Wildman–Crippen MR) is 120 cm³/mol. The Hall–Kier alpha value is -3.48. The highest BCUT2D eigenvalue weighted by Crippen LogP contribution is 2.38. The summed E-state index contributed by atoms with van der Waals surface area (Å²) >= 11 is 0. The van der Waals surface area contributed by atoms with Crippen LogP contribution in [-0.2, 0) is 17.9 Å². The van der Waals surface area contributed by atoms with Crippen LogP contribution in [0.2, 0.25) is 0 Å². The molecule has 0 saturated heterocycles. The standard InChI is InChI=1S/C23H26N4O.CH2O2/c1-15-11-18(28-23(3,4)5)8-9-19(15)21-16(2)25-14-26-22(21)27-12-17-7-6-10-24-20(17)13-27;2-1-3/h6-11,14H,12-13H2,1-5H3;1H,(H,2,3). The number of hydrogen-bond donors (Lipinski definition) is 1. The van der Waals surface area contributed by atoms with Gasteiger partial charge in [0.05, 0.1) is 17.9 Å². The fourth-order valence-electron chi connectivity index (χ4n) is 3.70. The number of carboxylic acid groups (broad SMARTS) is 1. The molecule has 7 nitrogen and oxygen atoms in total. The number of fused-ring (bicyclic) bond motifs is 1. The van der Waals surface area contributed by atoms with E-state index in [1.807, 2.05) is 25.3 Å². The molecule has 3 aromatic rings. The molecule has 1 N–H and O–H groups in total. The van der Waals surface area contributed by atoms with Gasteiger partial charge in [-0.3, -0.25) is 9.78 Å². The first-order valence-electron chi connectivity index (χ1n) is 10.1. The topological polar surface area (TPSA) is 88.4 Å². The van der Waals surface area contributed by atoms with Crippen molar-refractivity contribution >= 4 is 12.3 Å². The monoisotopic (exact) mass is 420 g/mol. The highest BCUT2D eigenvalue weighted by atomic mass is 16.5. The number of aromatic nitrogens is 3. The van der Waals surface area contributed by atoms with E-state index in [9.17, 15) is 0 Å². The molecule has 0 aliphatic carbocycles. The molecule has 1 aromatic carbocycles. The van der Waals surface area contributed by atoms with E-state index in [-0.39, 0.29) is 12.1 Å². The van der Waals surface area contributed by atoms with Gasteiger partial charge in [0, 0.05) is 18.3 Å². The van der Waals surface area contributed by atoms with Crippen LogP contribution < -0.4 is 9.64 Å². The van der Waals surface area contributed by atoms with Gasteiger partial charge in [-0.25, -0.2) is 9.97 Å². The molecule has 0 unspecified atom stereocenters. The molecule has 2 aromatic heterocycles. The van der Waals surface area contributed by atoms with Crippen LogP contribution in [0.15, 0.2) is 42.9 Å². The largest absolute Gasteiger partial charge is 0.488 e. The van der Waals surface area contributed by atoms with Gasteiger partial charge >= 0.3 is 0 Å². The molecule has 0 amide bonds. The Morgan fingerprint density at radius 3 is 2.48 bits per heavy atom. The lowest BCUT2D eigenvalue weighted by atomic mass is 9.99. The highest BCUT2D eigenvalue weighted by molar-refractivity contribution is 5.80. The number of anilines is 1. The molecule has 0 saturated carbocycles. The average molecular weight is 421 g/mol. The number of hydrogen-bond acceptors (Lipinski definition) is 6. The summed E-state index contributed by atoms with van der Waals surface area (Å²) in [5, 5.41) is 6.89. The molecular weight excluding hydrogens is 392 g/mol. The zero-order valence-electron chi connectivity index (χ0n) is 18.6. The van der Waals surface area contributed by atoms with Crippen LogP contribution in [0.1, 0.15) is 43.3 Å². The molecule has 3 heterocycles. The Bertz CT molecular complexity index is 1050. The molecular formula is C24H28N4O3. The molecule has 162 valence electrons. The van der Waals surface area contributed by atoms with E-state index in [0.29, 0.717) is 0 Å². The summed E-state index contributed by atoms with van der Waals surface area (Å²) in [6, 6.07) is 10.4. The van der Waals surface area contributed by atoms with E-state index in [1.165, 1.54) is 5.56 Å². The number of pyridine rings is 1. The summed E-state index contributed by atoms with van der Waals surface area (Å²) in [4.78, 5) is 24.3. The van der Waals surface area contributed by atoms with Crippen LogP contribution in [0.3, 0.4) is 0 Å². The zero-order valence-corrected chi connectivity index (χ0v) is 18.6. The second-order valence-electron chi connectivity index (χ2n) is 8.42. The third-order valence-electron chi connectivity index (χ3n) is 4.89. The Morgan fingerprint density at radius 2 is 1.84 bits per heavy atom. The van der Waals surface area contributed by atoms with Crippen molar-refractivity contribution in [1.29, 1.82) is 0 Å².